The van der Waals surface area contributed by atoms with E-state index in [1.807, 2.05) is 0 Å². The summed E-state index contributed by atoms with van der Waals surface area (Å²) in [6, 6.07) is 0. The van der Waals surface area contributed by atoms with Gasteiger partial charge in [0.1, 0.15) is 13.2 Å². The molecule has 0 bridgehead atoms. The number of hydrogen-bond donors (Lipinski definition) is 0. The van der Waals surface area contributed by atoms with Gasteiger partial charge >= 0.3 is 17.9 Å². The fraction of sp³-hybridized carbons (Fsp3) is 0.689. The summed E-state index contributed by atoms with van der Waals surface area (Å²) >= 11 is 0. The van der Waals surface area contributed by atoms with Gasteiger partial charge in [-0.3, -0.25) is 14.4 Å². The first-order valence-corrected chi connectivity index (χ1v) is 33.5. The van der Waals surface area contributed by atoms with Crippen LogP contribution in [0.15, 0.2) is 122 Å². The molecule has 0 aliphatic rings. The monoisotopic (exact) mass is 1110 g/mol. The number of esters is 3. The standard InChI is InChI=1S/C74H124O6/c1-4-7-10-13-16-19-22-24-26-28-29-30-31-32-33-34-35-36-37-38-39-40-41-42-43-44-45-46-48-49-52-55-58-61-64-67-73(76)79-70-71(69-78-72(75)66-63-60-57-54-51-21-18-15-12-9-6-3)80-74(77)68-65-62-59-56-53-50-47-27-25-23-20-17-14-11-8-5-2/h7,10,15-16,18-19,24,26,29-30,32-33,35-36,38-39,41-42,44-45,71H,4-6,8-9,11-14,17,20-23,25,27-28,31,34,37,40,43,46-70H2,1-3H3/b10-7-,18-15-,19-16-,26-24-,30-29-,33-32-,36-35-,39-38-,42-41-,45-44-. The first kappa shape index (κ1) is 75.8. The Balaban J connectivity index is 4.23. The van der Waals surface area contributed by atoms with Gasteiger partial charge in [0.25, 0.3) is 0 Å². The maximum atomic E-state index is 12.9. The summed E-state index contributed by atoms with van der Waals surface area (Å²) in [5.41, 5.74) is 0. The molecule has 0 rings (SSSR count). The first-order valence-electron chi connectivity index (χ1n) is 33.5. The van der Waals surface area contributed by atoms with Gasteiger partial charge in [-0.15, -0.1) is 0 Å². The van der Waals surface area contributed by atoms with Crippen LogP contribution in [0.5, 0.6) is 0 Å². The van der Waals surface area contributed by atoms with Crippen LogP contribution in [0.4, 0.5) is 0 Å². The molecule has 1 unspecified atom stereocenters. The SMILES string of the molecule is CC/C=C\C/C=C\C/C=C\C/C=C\C/C=C\C/C=C\C/C=C\C/C=C\C/C=C\CCCCCCCCCC(=O)OCC(COC(=O)CCCCCCC/C=C\CCCC)OC(=O)CCCCCCCCCCCCCCCCCC. The predicted molar refractivity (Wildman–Crippen MR) is 348 cm³/mol. The molecule has 6 nitrogen and oxygen atoms in total. The Morgan fingerprint density at radius 2 is 0.500 bits per heavy atom. The molecule has 80 heavy (non-hydrogen) atoms. The van der Waals surface area contributed by atoms with Crippen molar-refractivity contribution in [3.8, 4) is 0 Å². The summed E-state index contributed by atoms with van der Waals surface area (Å²) in [4.78, 5) is 38.2. The maximum Gasteiger partial charge on any atom is 0.306 e. The molecule has 0 amide bonds. The van der Waals surface area contributed by atoms with E-state index in [0.29, 0.717) is 19.3 Å². The summed E-state index contributed by atoms with van der Waals surface area (Å²) < 4.78 is 16.9. The minimum absolute atomic E-state index is 0.0842. The molecular weight excluding hydrogens is 985 g/mol. The number of rotatable bonds is 60. The van der Waals surface area contributed by atoms with Crippen LogP contribution in [-0.2, 0) is 28.6 Å². The van der Waals surface area contributed by atoms with E-state index in [-0.39, 0.29) is 31.1 Å². The van der Waals surface area contributed by atoms with Crippen molar-refractivity contribution in [1.82, 2.24) is 0 Å². The number of unbranched alkanes of at least 4 members (excludes halogenated alkanes) is 29. The molecule has 0 N–H and O–H groups in total. The van der Waals surface area contributed by atoms with E-state index in [0.717, 1.165) is 128 Å². The Labute approximate surface area is 494 Å². The van der Waals surface area contributed by atoms with E-state index in [2.05, 4.69) is 142 Å². The molecule has 0 aromatic heterocycles. The molecule has 0 fully saturated rings. The second-order valence-electron chi connectivity index (χ2n) is 22.0. The first-order chi connectivity index (χ1) is 39.5. The molecule has 6 heteroatoms. The number of carbonyl (C=O) groups is 3. The van der Waals surface area contributed by atoms with Gasteiger partial charge < -0.3 is 14.2 Å². The molecule has 1 atom stereocenters. The molecule has 0 spiro atoms. The highest BCUT2D eigenvalue weighted by Gasteiger charge is 2.19. The zero-order chi connectivity index (χ0) is 57.8. The Morgan fingerprint density at radius 3 is 0.812 bits per heavy atom. The molecule has 456 valence electrons. The maximum absolute atomic E-state index is 12.9. The Hall–Kier alpha value is -4.19. The summed E-state index contributed by atoms with van der Waals surface area (Å²) in [5.74, 6) is -0.896. The highest BCUT2D eigenvalue weighted by molar-refractivity contribution is 5.71. The molecule has 0 aliphatic carbocycles. The van der Waals surface area contributed by atoms with E-state index >= 15 is 0 Å². The predicted octanol–water partition coefficient (Wildman–Crippen LogP) is 23.2. The summed E-state index contributed by atoms with van der Waals surface area (Å²) in [7, 11) is 0. The topological polar surface area (TPSA) is 78.9 Å². The van der Waals surface area contributed by atoms with Crippen LogP contribution in [0.1, 0.15) is 310 Å². The van der Waals surface area contributed by atoms with Gasteiger partial charge in [0.15, 0.2) is 6.10 Å². The van der Waals surface area contributed by atoms with Crippen LogP contribution in [-0.4, -0.2) is 37.2 Å². The molecule has 0 aliphatic heterocycles. The Morgan fingerprint density at radius 1 is 0.263 bits per heavy atom. The van der Waals surface area contributed by atoms with Crippen molar-refractivity contribution < 1.29 is 28.6 Å². The van der Waals surface area contributed by atoms with Gasteiger partial charge in [-0.1, -0.05) is 303 Å². The van der Waals surface area contributed by atoms with Gasteiger partial charge in [-0.05, 0) is 109 Å². The largest absolute Gasteiger partial charge is 0.462 e. The third kappa shape index (κ3) is 64.6. The zero-order valence-corrected chi connectivity index (χ0v) is 52.3. The Kier molecular flexibility index (Phi) is 63.8. The number of hydrogen-bond acceptors (Lipinski definition) is 6. The smallest absolute Gasteiger partial charge is 0.306 e. The van der Waals surface area contributed by atoms with Crippen molar-refractivity contribution in [2.75, 3.05) is 13.2 Å². The highest BCUT2D eigenvalue weighted by Crippen LogP contribution is 2.16. The van der Waals surface area contributed by atoms with Crippen LogP contribution in [0.2, 0.25) is 0 Å². The lowest BCUT2D eigenvalue weighted by molar-refractivity contribution is -0.167. The van der Waals surface area contributed by atoms with Crippen molar-refractivity contribution in [2.24, 2.45) is 0 Å². The number of ether oxygens (including phenoxy) is 3. The van der Waals surface area contributed by atoms with Gasteiger partial charge in [-0.25, -0.2) is 0 Å². The Bertz CT molecular complexity index is 1650. The van der Waals surface area contributed by atoms with Crippen molar-refractivity contribution in [3.63, 3.8) is 0 Å². The molecule has 0 aromatic rings. The van der Waals surface area contributed by atoms with E-state index < -0.39 is 6.10 Å². The van der Waals surface area contributed by atoms with Crippen molar-refractivity contribution in [2.45, 2.75) is 316 Å². The van der Waals surface area contributed by atoms with E-state index in [1.165, 1.54) is 141 Å². The lowest BCUT2D eigenvalue weighted by Crippen LogP contribution is -2.30. The second kappa shape index (κ2) is 67.3. The molecule has 0 aromatic carbocycles. The van der Waals surface area contributed by atoms with Crippen LogP contribution >= 0.6 is 0 Å². The number of allylic oxidation sites excluding steroid dienone is 20. The molecule has 0 heterocycles. The average molecular weight is 1110 g/mol. The van der Waals surface area contributed by atoms with Crippen molar-refractivity contribution in [1.29, 1.82) is 0 Å². The quantitative estimate of drug-likeness (QED) is 0.0261. The third-order valence-electron chi connectivity index (χ3n) is 14.2. The molecular formula is C74H124O6. The van der Waals surface area contributed by atoms with Gasteiger partial charge in [0.05, 0.1) is 0 Å². The van der Waals surface area contributed by atoms with Gasteiger partial charge in [0.2, 0.25) is 0 Å². The van der Waals surface area contributed by atoms with Gasteiger partial charge in [0, 0.05) is 19.3 Å². The minimum atomic E-state index is -0.786. The lowest BCUT2D eigenvalue weighted by atomic mass is 10.0. The normalized spacial score (nSPS) is 12.9. The minimum Gasteiger partial charge on any atom is -0.462 e. The summed E-state index contributed by atoms with van der Waals surface area (Å²) in [6.45, 7) is 6.49. The fourth-order valence-electron chi connectivity index (χ4n) is 9.18. The van der Waals surface area contributed by atoms with Crippen LogP contribution in [0, 0.1) is 0 Å². The lowest BCUT2D eigenvalue weighted by Gasteiger charge is -2.18. The van der Waals surface area contributed by atoms with Crippen LogP contribution in [0.3, 0.4) is 0 Å². The van der Waals surface area contributed by atoms with Gasteiger partial charge in [-0.2, -0.15) is 0 Å². The third-order valence-corrected chi connectivity index (χ3v) is 14.2. The average Bonchev–Trinajstić information content (AvgIpc) is 3.46. The van der Waals surface area contributed by atoms with Crippen LogP contribution in [0.25, 0.3) is 0 Å². The summed E-state index contributed by atoms with van der Waals surface area (Å²) in [6.07, 6.45) is 93.6. The zero-order valence-electron chi connectivity index (χ0n) is 52.3. The second-order valence-corrected chi connectivity index (χ2v) is 22.0. The highest BCUT2D eigenvalue weighted by atomic mass is 16.6. The summed E-state index contributed by atoms with van der Waals surface area (Å²) in [5, 5.41) is 0. The van der Waals surface area contributed by atoms with Crippen molar-refractivity contribution >= 4 is 17.9 Å². The van der Waals surface area contributed by atoms with E-state index in [4.69, 9.17) is 14.2 Å². The van der Waals surface area contributed by atoms with Crippen molar-refractivity contribution in [3.05, 3.63) is 122 Å². The van der Waals surface area contributed by atoms with E-state index in [9.17, 15) is 14.4 Å². The number of carbonyl (C=O) groups excluding carboxylic acids is 3. The molecule has 0 saturated carbocycles. The molecule has 0 saturated heterocycles. The van der Waals surface area contributed by atoms with Crippen LogP contribution < -0.4 is 0 Å². The van der Waals surface area contributed by atoms with E-state index in [1.54, 1.807) is 0 Å². The fourth-order valence-corrected chi connectivity index (χ4v) is 9.18. The molecule has 0 radical (unpaired) electrons.